The molecule has 1 amide bonds. The minimum absolute atomic E-state index is 0.261. The van der Waals surface area contributed by atoms with E-state index in [9.17, 15) is 9.59 Å². The zero-order chi connectivity index (χ0) is 19.4. The van der Waals surface area contributed by atoms with Crippen LogP contribution in [-0.2, 0) is 22.5 Å². The Morgan fingerprint density at radius 1 is 1.26 bits per heavy atom. The van der Waals surface area contributed by atoms with Crippen LogP contribution in [-0.4, -0.2) is 36.5 Å². The fourth-order valence-corrected chi connectivity index (χ4v) is 4.42. The van der Waals surface area contributed by atoms with E-state index in [-0.39, 0.29) is 5.91 Å². The lowest BCUT2D eigenvalue weighted by molar-refractivity contribution is -0.111. The number of amides is 1. The van der Waals surface area contributed by atoms with Gasteiger partial charge in [-0.2, -0.15) is 0 Å². The van der Waals surface area contributed by atoms with Crippen molar-refractivity contribution in [1.29, 1.82) is 0 Å². The van der Waals surface area contributed by atoms with Crippen molar-refractivity contribution < 1.29 is 14.3 Å². The largest absolute Gasteiger partial charge is 0.465 e. The van der Waals surface area contributed by atoms with Crippen LogP contribution >= 0.6 is 11.3 Å². The van der Waals surface area contributed by atoms with Crippen molar-refractivity contribution in [3.05, 3.63) is 58.0 Å². The number of hydrogen-bond donors (Lipinski definition) is 1. The Hall–Kier alpha value is -2.44. The smallest absolute Gasteiger partial charge is 0.341 e. The molecular formula is C21H24N2O3S. The van der Waals surface area contributed by atoms with Gasteiger partial charge in [0.25, 0.3) is 0 Å². The number of rotatable bonds is 5. The molecule has 3 rings (SSSR count). The average molecular weight is 385 g/mol. The lowest BCUT2D eigenvalue weighted by Gasteiger charge is -2.30. The highest BCUT2D eigenvalue weighted by atomic mass is 32.1. The molecule has 1 aromatic carbocycles. The normalized spacial score (nSPS) is 14.4. The summed E-state index contributed by atoms with van der Waals surface area (Å²) in [5, 5.41) is 3.44. The molecule has 1 aliphatic rings. The monoisotopic (exact) mass is 384 g/mol. The molecule has 27 heavy (non-hydrogen) atoms. The molecule has 5 nitrogen and oxygen atoms in total. The number of benzene rings is 1. The number of thiophene rings is 1. The number of methoxy groups -OCH3 is 1. The van der Waals surface area contributed by atoms with Crippen LogP contribution in [0.25, 0.3) is 6.08 Å². The maximum Gasteiger partial charge on any atom is 0.341 e. The molecule has 0 saturated carbocycles. The van der Waals surface area contributed by atoms with Gasteiger partial charge >= 0.3 is 5.97 Å². The molecule has 0 fully saturated rings. The first-order valence-corrected chi connectivity index (χ1v) is 9.82. The zero-order valence-corrected chi connectivity index (χ0v) is 16.6. The topological polar surface area (TPSA) is 58.6 Å². The van der Waals surface area contributed by atoms with Gasteiger partial charge in [0.15, 0.2) is 0 Å². The summed E-state index contributed by atoms with van der Waals surface area (Å²) >= 11 is 1.47. The Bertz CT molecular complexity index is 856. The van der Waals surface area contributed by atoms with Crippen LogP contribution in [0.3, 0.4) is 0 Å². The van der Waals surface area contributed by atoms with Gasteiger partial charge in [0.1, 0.15) is 5.00 Å². The van der Waals surface area contributed by atoms with Crippen LogP contribution in [0.5, 0.6) is 0 Å². The average Bonchev–Trinajstić information content (AvgIpc) is 3.03. The van der Waals surface area contributed by atoms with E-state index < -0.39 is 5.97 Å². The summed E-state index contributed by atoms with van der Waals surface area (Å²) in [7, 11) is 1.37. The van der Waals surface area contributed by atoms with Crippen molar-refractivity contribution in [1.82, 2.24) is 4.90 Å². The van der Waals surface area contributed by atoms with Crippen molar-refractivity contribution in [2.24, 2.45) is 0 Å². The molecule has 1 aromatic heterocycles. The number of fused-ring (bicyclic) bond motifs is 1. The van der Waals surface area contributed by atoms with E-state index in [1.807, 2.05) is 30.3 Å². The summed E-state index contributed by atoms with van der Waals surface area (Å²) in [6.07, 6.45) is 4.01. The van der Waals surface area contributed by atoms with E-state index >= 15 is 0 Å². The van der Waals surface area contributed by atoms with E-state index in [4.69, 9.17) is 4.74 Å². The van der Waals surface area contributed by atoms with Crippen LogP contribution in [0.2, 0.25) is 0 Å². The summed E-state index contributed by atoms with van der Waals surface area (Å²) in [4.78, 5) is 28.2. The second kappa shape index (κ2) is 8.50. The summed E-state index contributed by atoms with van der Waals surface area (Å²) < 4.78 is 4.97. The number of nitrogens with one attached hydrogen (secondary N) is 1. The minimum atomic E-state index is -0.396. The molecular weight excluding hydrogens is 360 g/mol. The fraction of sp³-hybridized carbons (Fsp3) is 0.333. The quantitative estimate of drug-likeness (QED) is 0.626. The Labute approximate surface area is 163 Å². The summed E-state index contributed by atoms with van der Waals surface area (Å²) in [6.45, 7) is 6.01. The predicted molar refractivity (Wildman–Crippen MR) is 109 cm³/mol. The SMILES string of the molecule is COC(=O)c1c(NC(=O)C=Cc2ccccc2)sc2c1CCN(C(C)C)C2. The Morgan fingerprint density at radius 2 is 2.00 bits per heavy atom. The van der Waals surface area contributed by atoms with Crippen molar-refractivity contribution in [2.45, 2.75) is 32.9 Å². The third-order valence-corrected chi connectivity index (χ3v) is 5.80. The third kappa shape index (κ3) is 4.46. The lowest BCUT2D eigenvalue weighted by Crippen LogP contribution is -2.35. The molecule has 0 atom stereocenters. The maximum absolute atomic E-state index is 12.4. The number of nitrogens with zero attached hydrogens (tertiary/aromatic N) is 1. The van der Waals surface area contributed by atoms with E-state index in [1.54, 1.807) is 6.08 Å². The van der Waals surface area contributed by atoms with Gasteiger partial charge in [-0.1, -0.05) is 30.3 Å². The lowest BCUT2D eigenvalue weighted by atomic mass is 10.0. The number of hydrogen-bond acceptors (Lipinski definition) is 5. The molecule has 142 valence electrons. The zero-order valence-electron chi connectivity index (χ0n) is 15.8. The second-order valence-corrected chi connectivity index (χ2v) is 7.85. The van der Waals surface area contributed by atoms with E-state index in [0.29, 0.717) is 16.6 Å². The summed E-state index contributed by atoms with van der Waals surface area (Å²) in [6, 6.07) is 10.0. The molecule has 0 unspecified atom stereocenters. The minimum Gasteiger partial charge on any atom is -0.465 e. The van der Waals surface area contributed by atoms with Gasteiger partial charge in [-0.05, 0) is 37.5 Å². The van der Waals surface area contributed by atoms with Crippen LogP contribution in [0.4, 0.5) is 5.00 Å². The van der Waals surface area contributed by atoms with Gasteiger partial charge in [-0.25, -0.2) is 4.79 Å². The van der Waals surface area contributed by atoms with Crippen molar-refractivity contribution in [3.8, 4) is 0 Å². The predicted octanol–water partition coefficient (Wildman–Crippen LogP) is 3.95. The molecule has 6 heteroatoms. The highest BCUT2D eigenvalue weighted by Gasteiger charge is 2.29. The number of esters is 1. The van der Waals surface area contributed by atoms with Gasteiger partial charge in [0, 0.05) is 30.1 Å². The molecule has 0 radical (unpaired) electrons. The van der Waals surface area contributed by atoms with Crippen LogP contribution in [0.15, 0.2) is 36.4 Å². The molecule has 2 heterocycles. The van der Waals surface area contributed by atoms with Gasteiger partial charge in [-0.3, -0.25) is 9.69 Å². The molecule has 0 saturated heterocycles. The van der Waals surface area contributed by atoms with Crippen molar-refractivity contribution in [3.63, 3.8) is 0 Å². The molecule has 2 aromatic rings. The fourth-order valence-electron chi connectivity index (χ4n) is 3.16. The van der Waals surface area contributed by atoms with Crippen LogP contribution < -0.4 is 5.32 Å². The van der Waals surface area contributed by atoms with Crippen molar-refractivity contribution >= 4 is 34.3 Å². The standard InChI is InChI=1S/C21H24N2O3S/c1-14(2)23-12-11-16-17(13-23)27-20(19(16)21(25)26-3)22-18(24)10-9-15-7-5-4-6-8-15/h4-10,14H,11-13H2,1-3H3,(H,22,24). The van der Waals surface area contributed by atoms with Gasteiger partial charge < -0.3 is 10.1 Å². The summed E-state index contributed by atoms with van der Waals surface area (Å²) in [5.41, 5.74) is 2.45. The number of anilines is 1. The third-order valence-electron chi connectivity index (χ3n) is 4.67. The van der Waals surface area contributed by atoms with E-state index in [1.165, 1.54) is 24.5 Å². The van der Waals surface area contributed by atoms with E-state index in [2.05, 4.69) is 24.1 Å². The molecule has 0 bridgehead atoms. The van der Waals surface area contributed by atoms with E-state index in [0.717, 1.165) is 35.5 Å². The Balaban J connectivity index is 1.83. The number of ether oxygens (including phenoxy) is 1. The van der Waals surface area contributed by atoms with Gasteiger partial charge in [0.2, 0.25) is 5.91 Å². The number of carbonyl (C=O) groups excluding carboxylic acids is 2. The highest BCUT2D eigenvalue weighted by Crippen LogP contribution is 2.38. The molecule has 0 aliphatic carbocycles. The Kier molecular flexibility index (Phi) is 6.08. The van der Waals surface area contributed by atoms with Gasteiger partial charge in [-0.15, -0.1) is 11.3 Å². The maximum atomic E-state index is 12.4. The first-order valence-electron chi connectivity index (χ1n) is 9.00. The highest BCUT2D eigenvalue weighted by molar-refractivity contribution is 7.17. The van der Waals surface area contributed by atoms with Crippen LogP contribution in [0, 0.1) is 0 Å². The Morgan fingerprint density at radius 3 is 2.67 bits per heavy atom. The van der Waals surface area contributed by atoms with Crippen LogP contribution in [0.1, 0.15) is 40.2 Å². The molecule has 1 N–H and O–H groups in total. The van der Waals surface area contributed by atoms with Crippen molar-refractivity contribution in [2.75, 3.05) is 19.0 Å². The second-order valence-electron chi connectivity index (χ2n) is 6.75. The number of carbonyl (C=O) groups is 2. The van der Waals surface area contributed by atoms with Gasteiger partial charge in [0.05, 0.1) is 12.7 Å². The summed E-state index contributed by atoms with van der Waals surface area (Å²) in [5.74, 6) is -0.656. The first kappa shape index (κ1) is 19.3. The molecule has 0 spiro atoms. The molecule has 1 aliphatic heterocycles. The first-order chi connectivity index (χ1) is 13.0.